The lowest BCUT2D eigenvalue weighted by Gasteiger charge is -2.50. The van der Waals surface area contributed by atoms with Crippen LogP contribution in [-0.2, 0) is 16.1 Å². The number of nitrogens with zero attached hydrogens (tertiary/aromatic N) is 4. The summed E-state index contributed by atoms with van der Waals surface area (Å²) < 4.78 is 14.7. The Morgan fingerprint density at radius 2 is 1.73 bits per heavy atom. The topological polar surface area (TPSA) is 95.7 Å². The predicted molar refractivity (Wildman–Crippen MR) is 116 cm³/mol. The third-order valence-corrected chi connectivity index (χ3v) is 7.51. The van der Waals surface area contributed by atoms with E-state index in [-0.39, 0.29) is 35.5 Å². The highest BCUT2D eigenvalue weighted by Crippen LogP contribution is 2.54. The number of carbonyl (C=O) groups excluding carboxylic acids is 2. The molecule has 1 spiro atoms. The molecule has 0 bridgehead atoms. The number of halogens is 1. The molecule has 33 heavy (non-hydrogen) atoms. The summed E-state index contributed by atoms with van der Waals surface area (Å²) in [4.78, 5) is 41.1. The number of hydrogen-bond donors (Lipinski definition) is 1. The molecule has 1 saturated carbocycles. The highest BCUT2D eigenvalue weighted by molar-refractivity contribution is 5.94. The Balaban J connectivity index is 1.25. The van der Waals surface area contributed by atoms with Crippen molar-refractivity contribution in [3.05, 3.63) is 53.6 Å². The second-order valence-electron chi connectivity index (χ2n) is 10.4. The maximum Gasteiger partial charge on any atom is 0.309 e. The van der Waals surface area contributed by atoms with Crippen LogP contribution in [0, 0.1) is 28.5 Å². The maximum absolute atomic E-state index is 13.1. The smallest absolute Gasteiger partial charge is 0.309 e. The van der Waals surface area contributed by atoms with E-state index in [2.05, 4.69) is 18.9 Å². The van der Waals surface area contributed by atoms with Crippen molar-refractivity contribution in [2.45, 2.75) is 26.8 Å². The van der Waals surface area contributed by atoms with Crippen LogP contribution in [0.15, 0.2) is 36.7 Å². The first-order valence-electron chi connectivity index (χ1n) is 11.2. The summed E-state index contributed by atoms with van der Waals surface area (Å²) in [5.74, 6) is -2.10. The van der Waals surface area contributed by atoms with Crippen molar-refractivity contribution in [2.24, 2.45) is 22.7 Å². The number of amides is 2. The third kappa shape index (κ3) is 3.79. The Morgan fingerprint density at radius 3 is 2.33 bits per heavy atom. The van der Waals surface area contributed by atoms with Gasteiger partial charge in [0, 0.05) is 43.7 Å². The van der Waals surface area contributed by atoms with Gasteiger partial charge in [0.25, 0.3) is 5.91 Å². The van der Waals surface area contributed by atoms with Gasteiger partial charge in [-0.1, -0.05) is 26.0 Å². The number of carbonyl (C=O) groups is 3. The van der Waals surface area contributed by atoms with Gasteiger partial charge in [-0.25, -0.2) is 4.39 Å². The van der Waals surface area contributed by atoms with Crippen molar-refractivity contribution in [3.8, 4) is 0 Å². The van der Waals surface area contributed by atoms with Crippen LogP contribution >= 0.6 is 0 Å². The number of carboxylic acids is 1. The Labute approximate surface area is 191 Å². The fourth-order valence-electron chi connectivity index (χ4n) is 5.28. The molecule has 3 aliphatic rings. The van der Waals surface area contributed by atoms with Gasteiger partial charge in [0.2, 0.25) is 5.91 Å². The van der Waals surface area contributed by atoms with Crippen molar-refractivity contribution in [1.82, 2.24) is 19.6 Å². The molecule has 2 aliphatic heterocycles. The van der Waals surface area contributed by atoms with Crippen molar-refractivity contribution in [3.63, 3.8) is 0 Å². The third-order valence-electron chi connectivity index (χ3n) is 7.51. The van der Waals surface area contributed by atoms with E-state index in [1.807, 2.05) is 0 Å². The molecular weight excluding hydrogens is 427 g/mol. The van der Waals surface area contributed by atoms with Crippen molar-refractivity contribution in [1.29, 1.82) is 0 Å². The van der Waals surface area contributed by atoms with Gasteiger partial charge in [0.1, 0.15) is 5.82 Å². The van der Waals surface area contributed by atoms with E-state index < -0.39 is 17.3 Å². The second kappa shape index (κ2) is 7.40. The maximum atomic E-state index is 13.1. The molecule has 174 valence electrons. The largest absolute Gasteiger partial charge is 0.481 e. The SMILES string of the molecule is CC1(C)C[C@@H]1C(=O)N1CC2(CN(C(=O)c3cnn(Cc4ccc(F)cc4)c3)CC2C(=O)O)C1. The number of rotatable bonds is 5. The normalized spacial score (nSPS) is 24.6. The number of aliphatic carboxylic acids is 1. The molecule has 1 N–H and O–H groups in total. The lowest BCUT2D eigenvalue weighted by Crippen LogP contribution is -2.63. The quantitative estimate of drug-likeness (QED) is 0.747. The van der Waals surface area contributed by atoms with Crippen LogP contribution in [0.5, 0.6) is 0 Å². The van der Waals surface area contributed by atoms with Crippen molar-refractivity contribution >= 4 is 17.8 Å². The average molecular weight is 455 g/mol. The summed E-state index contributed by atoms with van der Waals surface area (Å²) in [6, 6.07) is 6.06. The first-order valence-corrected chi connectivity index (χ1v) is 11.2. The molecule has 2 saturated heterocycles. The van der Waals surface area contributed by atoms with Crippen LogP contribution < -0.4 is 0 Å². The molecule has 3 heterocycles. The monoisotopic (exact) mass is 454 g/mol. The first kappa shape index (κ1) is 21.6. The van der Waals surface area contributed by atoms with Gasteiger partial charge in [-0.2, -0.15) is 5.10 Å². The van der Waals surface area contributed by atoms with E-state index in [9.17, 15) is 23.9 Å². The minimum Gasteiger partial charge on any atom is -0.481 e. The van der Waals surface area contributed by atoms with Crippen LogP contribution in [-0.4, -0.2) is 68.6 Å². The van der Waals surface area contributed by atoms with E-state index >= 15 is 0 Å². The van der Waals surface area contributed by atoms with Gasteiger partial charge in [-0.05, 0) is 29.5 Å². The summed E-state index contributed by atoms with van der Waals surface area (Å²) in [6.45, 7) is 5.71. The summed E-state index contributed by atoms with van der Waals surface area (Å²) >= 11 is 0. The fraction of sp³-hybridized carbons (Fsp3) is 0.500. The molecule has 8 nitrogen and oxygen atoms in total. The van der Waals surface area contributed by atoms with Gasteiger partial charge < -0.3 is 14.9 Å². The van der Waals surface area contributed by atoms with Gasteiger partial charge in [0.05, 0.1) is 24.2 Å². The highest BCUT2D eigenvalue weighted by atomic mass is 19.1. The van der Waals surface area contributed by atoms with Crippen LogP contribution in [0.25, 0.3) is 0 Å². The fourth-order valence-corrected chi connectivity index (χ4v) is 5.28. The molecular formula is C24H27FN4O4. The van der Waals surface area contributed by atoms with E-state index in [0.717, 1.165) is 12.0 Å². The predicted octanol–water partition coefficient (Wildman–Crippen LogP) is 2.10. The second-order valence-corrected chi connectivity index (χ2v) is 10.4. The molecule has 1 unspecified atom stereocenters. The van der Waals surface area contributed by atoms with Crippen LogP contribution in [0.2, 0.25) is 0 Å². The van der Waals surface area contributed by atoms with E-state index in [0.29, 0.717) is 31.7 Å². The van der Waals surface area contributed by atoms with Gasteiger partial charge in [0.15, 0.2) is 0 Å². The lowest BCUT2D eigenvalue weighted by atomic mass is 9.71. The number of aromatic nitrogens is 2. The minimum atomic E-state index is -0.934. The zero-order chi connectivity index (χ0) is 23.5. The van der Waals surface area contributed by atoms with Gasteiger partial charge in [-0.3, -0.25) is 19.1 Å². The Hall–Kier alpha value is -3.23. The Kier molecular flexibility index (Phi) is 4.84. The Bertz CT molecular complexity index is 1120. The number of likely N-dealkylation sites (tertiary alicyclic amines) is 2. The molecule has 1 aromatic carbocycles. The average Bonchev–Trinajstić information content (AvgIpc) is 3.11. The zero-order valence-corrected chi connectivity index (χ0v) is 18.7. The molecule has 1 aliphatic carbocycles. The molecule has 2 aromatic rings. The van der Waals surface area contributed by atoms with Gasteiger partial charge >= 0.3 is 5.97 Å². The molecule has 1 aromatic heterocycles. The van der Waals surface area contributed by atoms with Crippen LogP contribution in [0.1, 0.15) is 36.2 Å². The summed E-state index contributed by atoms with van der Waals surface area (Å²) in [5, 5.41) is 14.0. The summed E-state index contributed by atoms with van der Waals surface area (Å²) in [7, 11) is 0. The molecule has 9 heteroatoms. The molecule has 0 radical (unpaired) electrons. The van der Waals surface area contributed by atoms with Crippen LogP contribution in [0.3, 0.4) is 0 Å². The molecule has 3 fully saturated rings. The lowest BCUT2D eigenvalue weighted by molar-refractivity contribution is -0.158. The highest BCUT2D eigenvalue weighted by Gasteiger charge is 2.62. The molecule has 2 atom stereocenters. The standard InChI is InChI=1S/C24H27FN4O4/c1-23(2)7-18(23)21(31)28-13-24(14-28)12-27(11-19(24)22(32)33)20(30)16-8-26-29(10-16)9-15-3-5-17(25)6-4-15/h3-6,8,10,18-19H,7,9,11-14H2,1-2H3,(H,32,33)/t18-,19?/m1/s1. The number of hydrogen-bond acceptors (Lipinski definition) is 4. The zero-order valence-electron chi connectivity index (χ0n) is 18.7. The Morgan fingerprint density at radius 1 is 1.09 bits per heavy atom. The van der Waals surface area contributed by atoms with Gasteiger partial charge in [-0.15, -0.1) is 0 Å². The first-order chi connectivity index (χ1) is 15.6. The number of carboxylic acid groups (broad SMARTS) is 1. The minimum absolute atomic E-state index is 0.0178. The van der Waals surface area contributed by atoms with Crippen molar-refractivity contribution < 1.29 is 23.9 Å². The molecule has 5 rings (SSSR count). The number of benzene rings is 1. The summed E-state index contributed by atoms with van der Waals surface area (Å²) in [5.41, 5.74) is 0.658. The van der Waals surface area contributed by atoms with Crippen molar-refractivity contribution in [2.75, 3.05) is 26.2 Å². The molecule has 2 amide bonds. The summed E-state index contributed by atoms with van der Waals surface area (Å²) in [6.07, 6.45) is 3.96. The van der Waals surface area contributed by atoms with E-state index in [4.69, 9.17) is 0 Å². The van der Waals surface area contributed by atoms with Crippen LogP contribution in [0.4, 0.5) is 4.39 Å². The van der Waals surface area contributed by atoms with E-state index in [1.165, 1.54) is 18.3 Å². The van der Waals surface area contributed by atoms with E-state index in [1.54, 1.807) is 32.8 Å².